The van der Waals surface area contributed by atoms with Gasteiger partial charge in [-0.1, -0.05) is 19.9 Å². The Balaban J connectivity index is 1.97. The van der Waals surface area contributed by atoms with Gasteiger partial charge in [-0.15, -0.1) is 0 Å². The summed E-state index contributed by atoms with van der Waals surface area (Å²) in [6, 6.07) is 6.21. The quantitative estimate of drug-likeness (QED) is 0.515. The third-order valence-corrected chi connectivity index (χ3v) is 4.93. The second-order valence-corrected chi connectivity index (χ2v) is 7.51. The highest BCUT2D eigenvalue weighted by Crippen LogP contribution is 2.28. The van der Waals surface area contributed by atoms with Gasteiger partial charge in [-0.3, -0.25) is 4.79 Å². The molecule has 7 nitrogen and oxygen atoms in total. The van der Waals surface area contributed by atoms with E-state index in [0.29, 0.717) is 19.2 Å². The Morgan fingerprint density at radius 3 is 2.55 bits per heavy atom. The monoisotopic (exact) mass is 404 g/mol. The number of likely N-dealkylation sites (tertiary alicyclic amines) is 1. The number of hydrogen-bond acceptors (Lipinski definition) is 4. The van der Waals surface area contributed by atoms with Crippen LogP contribution in [0.2, 0.25) is 0 Å². The number of rotatable bonds is 8. The number of benzene rings is 1. The van der Waals surface area contributed by atoms with Crippen LogP contribution in [0.4, 0.5) is 0 Å². The zero-order chi connectivity index (χ0) is 21.2. The molecule has 162 valence electrons. The Morgan fingerprint density at radius 2 is 1.97 bits per heavy atom. The van der Waals surface area contributed by atoms with Gasteiger partial charge in [0.15, 0.2) is 17.5 Å². The zero-order valence-electron chi connectivity index (χ0n) is 18.5. The molecule has 0 saturated carbocycles. The summed E-state index contributed by atoms with van der Waals surface area (Å²) in [5.41, 5.74) is 1.06. The van der Waals surface area contributed by atoms with Crippen molar-refractivity contribution in [2.45, 2.75) is 53.1 Å². The van der Waals surface area contributed by atoms with Gasteiger partial charge in [-0.25, -0.2) is 4.99 Å². The molecule has 1 aromatic carbocycles. The van der Waals surface area contributed by atoms with Gasteiger partial charge in [0.05, 0.1) is 20.3 Å². The fourth-order valence-electron chi connectivity index (χ4n) is 3.38. The Morgan fingerprint density at radius 1 is 1.24 bits per heavy atom. The number of ether oxygens (including phenoxy) is 2. The molecule has 1 aliphatic heterocycles. The standard InChI is InChI=1S/C22H36N4O3/c1-6-23-22(25-18-10-12-26(13-11-18)21(27)16(3)4)24-15-17-8-9-19(28-5)20(14-17)29-7-2/h8-9,14,16,18H,6-7,10-13,15H2,1-5H3,(H2,23,24,25). The first-order chi connectivity index (χ1) is 14.0. The minimum Gasteiger partial charge on any atom is -0.493 e. The van der Waals surface area contributed by atoms with Crippen LogP contribution in [0.25, 0.3) is 0 Å². The number of methoxy groups -OCH3 is 1. The molecular weight excluding hydrogens is 368 g/mol. The first-order valence-corrected chi connectivity index (χ1v) is 10.6. The van der Waals surface area contributed by atoms with E-state index < -0.39 is 0 Å². The van der Waals surface area contributed by atoms with E-state index in [9.17, 15) is 4.79 Å². The molecule has 29 heavy (non-hydrogen) atoms. The first kappa shape index (κ1) is 22.8. The van der Waals surface area contributed by atoms with E-state index in [0.717, 1.165) is 55.5 Å². The predicted octanol–water partition coefficient (Wildman–Crippen LogP) is 2.80. The van der Waals surface area contributed by atoms with Crippen LogP contribution in [-0.4, -0.2) is 56.2 Å². The van der Waals surface area contributed by atoms with Crippen molar-refractivity contribution in [3.63, 3.8) is 0 Å². The second-order valence-electron chi connectivity index (χ2n) is 7.51. The van der Waals surface area contributed by atoms with Crippen LogP contribution in [0.1, 0.15) is 46.1 Å². The SMILES string of the molecule is CCNC(=NCc1ccc(OC)c(OCC)c1)NC1CCN(C(=O)C(C)C)CC1. The fraction of sp³-hybridized carbons (Fsp3) is 0.636. The first-order valence-electron chi connectivity index (χ1n) is 10.6. The van der Waals surface area contributed by atoms with Gasteiger partial charge in [-0.2, -0.15) is 0 Å². The van der Waals surface area contributed by atoms with Crippen molar-refractivity contribution in [3.8, 4) is 11.5 Å². The number of carbonyl (C=O) groups is 1. The number of nitrogens with one attached hydrogen (secondary N) is 2. The summed E-state index contributed by atoms with van der Waals surface area (Å²) in [5, 5.41) is 6.84. The van der Waals surface area contributed by atoms with Crippen LogP contribution >= 0.6 is 0 Å². The maximum atomic E-state index is 12.2. The third-order valence-electron chi connectivity index (χ3n) is 4.93. The molecule has 7 heteroatoms. The Kier molecular flexibility index (Phi) is 9.09. The molecule has 1 aromatic rings. The molecule has 0 bridgehead atoms. The molecule has 0 spiro atoms. The molecule has 1 heterocycles. The Bertz CT molecular complexity index is 683. The summed E-state index contributed by atoms with van der Waals surface area (Å²) in [7, 11) is 1.64. The van der Waals surface area contributed by atoms with Crippen molar-refractivity contribution in [2.75, 3.05) is 33.4 Å². The fourth-order valence-corrected chi connectivity index (χ4v) is 3.38. The summed E-state index contributed by atoms with van der Waals surface area (Å²) in [5.74, 6) is 2.57. The van der Waals surface area contributed by atoms with Crippen molar-refractivity contribution < 1.29 is 14.3 Å². The van der Waals surface area contributed by atoms with Crippen LogP contribution < -0.4 is 20.1 Å². The molecule has 1 saturated heterocycles. The number of hydrogen-bond donors (Lipinski definition) is 2. The molecule has 1 aliphatic rings. The van der Waals surface area contributed by atoms with E-state index in [2.05, 4.69) is 17.6 Å². The van der Waals surface area contributed by atoms with Gasteiger partial charge in [0, 0.05) is 31.6 Å². The lowest BCUT2D eigenvalue weighted by Gasteiger charge is -2.34. The molecule has 1 amide bonds. The summed E-state index contributed by atoms with van der Waals surface area (Å²) in [4.78, 5) is 18.9. The van der Waals surface area contributed by atoms with Crippen molar-refractivity contribution in [1.29, 1.82) is 0 Å². The average Bonchev–Trinajstić information content (AvgIpc) is 2.72. The number of aliphatic imine (C=N–C) groups is 1. The molecule has 0 aromatic heterocycles. The topological polar surface area (TPSA) is 75.2 Å². The lowest BCUT2D eigenvalue weighted by Crippen LogP contribution is -2.50. The van der Waals surface area contributed by atoms with E-state index in [1.165, 1.54) is 0 Å². The van der Waals surface area contributed by atoms with Crippen LogP contribution in [0, 0.1) is 5.92 Å². The van der Waals surface area contributed by atoms with Gasteiger partial charge >= 0.3 is 0 Å². The summed E-state index contributed by atoms with van der Waals surface area (Å²) < 4.78 is 11.0. The maximum Gasteiger partial charge on any atom is 0.225 e. The van der Waals surface area contributed by atoms with E-state index >= 15 is 0 Å². The van der Waals surface area contributed by atoms with E-state index in [1.807, 2.05) is 43.9 Å². The van der Waals surface area contributed by atoms with Gasteiger partial charge in [0.1, 0.15) is 0 Å². The molecule has 2 N–H and O–H groups in total. The molecular formula is C22H36N4O3. The minimum atomic E-state index is 0.0597. The normalized spacial score (nSPS) is 15.4. The van der Waals surface area contributed by atoms with Gasteiger partial charge in [-0.05, 0) is 44.4 Å². The molecule has 2 rings (SSSR count). The molecule has 0 atom stereocenters. The van der Waals surface area contributed by atoms with Crippen molar-refractivity contribution in [2.24, 2.45) is 10.9 Å². The average molecular weight is 405 g/mol. The second kappa shape index (κ2) is 11.5. The largest absolute Gasteiger partial charge is 0.493 e. The maximum absolute atomic E-state index is 12.2. The zero-order valence-corrected chi connectivity index (χ0v) is 18.5. The highest BCUT2D eigenvalue weighted by atomic mass is 16.5. The van der Waals surface area contributed by atoms with Crippen LogP contribution in [-0.2, 0) is 11.3 Å². The van der Waals surface area contributed by atoms with Crippen molar-refractivity contribution in [1.82, 2.24) is 15.5 Å². The number of amides is 1. The van der Waals surface area contributed by atoms with Crippen LogP contribution in [0.3, 0.4) is 0 Å². The Labute approximate surface area is 174 Å². The molecule has 1 fully saturated rings. The third kappa shape index (κ3) is 6.84. The van der Waals surface area contributed by atoms with E-state index in [4.69, 9.17) is 14.5 Å². The lowest BCUT2D eigenvalue weighted by molar-refractivity contribution is -0.135. The smallest absolute Gasteiger partial charge is 0.225 e. The van der Waals surface area contributed by atoms with Crippen LogP contribution in [0.15, 0.2) is 23.2 Å². The molecule has 0 aliphatic carbocycles. The molecule has 0 unspecified atom stereocenters. The Hall–Kier alpha value is -2.44. The van der Waals surface area contributed by atoms with Gasteiger partial charge in [0.25, 0.3) is 0 Å². The minimum absolute atomic E-state index is 0.0597. The van der Waals surface area contributed by atoms with Crippen molar-refractivity contribution in [3.05, 3.63) is 23.8 Å². The highest BCUT2D eigenvalue weighted by molar-refractivity contribution is 5.80. The van der Waals surface area contributed by atoms with E-state index in [1.54, 1.807) is 7.11 Å². The van der Waals surface area contributed by atoms with Gasteiger partial charge in [0.2, 0.25) is 5.91 Å². The summed E-state index contributed by atoms with van der Waals surface area (Å²) in [6.07, 6.45) is 1.86. The number of nitrogens with zero attached hydrogens (tertiary/aromatic N) is 2. The highest BCUT2D eigenvalue weighted by Gasteiger charge is 2.24. The molecule has 0 radical (unpaired) electrons. The van der Waals surface area contributed by atoms with Gasteiger partial charge < -0.3 is 25.0 Å². The number of carbonyl (C=O) groups excluding carboxylic acids is 1. The lowest BCUT2D eigenvalue weighted by atomic mass is 10.0. The predicted molar refractivity (Wildman–Crippen MR) is 117 cm³/mol. The summed E-state index contributed by atoms with van der Waals surface area (Å²) >= 11 is 0. The summed E-state index contributed by atoms with van der Waals surface area (Å²) in [6.45, 7) is 11.4. The number of piperidine rings is 1. The van der Waals surface area contributed by atoms with Crippen molar-refractivity contribution >= 4 is 11.9 Å². The van der Waals surface area contributed by atoms with E-state index in [-0.39, 0.29) is 11.8 Å². The number of guanidine groups is 1. The van der Waals surface area contributed by atoms with Crippen LogP contribution in [0.5, 0.6) is 11.5 Å².